The summed E-state index contributed by atoms with van der Waals surface area (Å²) in [5.41, 5.74) is 4.52. The highest BCUT2D eigenvalue weighted by atomic mass is 16.5. The van der Waals surface area contributed by atoms with E-state index in [9.17, 15) is 0 Å². The molecule has 0 aliphatic heterocycles. The van der Waals surface area contributed by atoms with Crippen LogP contribution in [0.15, 0.2) is 28.8 Å². The summed E-state index contributed by atoms with van der Waals surface area (Å²) in [5, 5.41) is 7.35. The molecule has 1 aromatic heterocycles. The second-order valence-corrected chi connectivity index (χ2v) is 5.09. The van der Waals surface area contributed by atoms with Crippen molar-refractivity contribution in [2.45, 2.75) is 26.9 Å². The molecule has 19 heavy (non-hydrogen) atoms. The third-order valence-electron chi connectivity index (χ3n) is 3.10. The zero-order chi connectivity index (χ0) is 13.8. The Labute approximate surface area is 114 Å². The van der Waals surface area contributed by atoms with E-state index in [4.69, 9.17) is 4.52 Å². The highest BCUT2D eigenvalue weighted by Crippen LogP contribution is 2.16. The molecule has 1 aromatic carbocycles. The van der Waals surface area contributed by atoms with Crippen molar-refractivity contribution in [2.75, 3.05) is 19.4 Å². The van der Waals surface area contributed by atoms with Gasteiger partial charge in [-0.1, -0.05) is 17.3 Å². The Balaban J connectivity index is 1.97. The lowest BCUT2D eigenvalue weighted by Gasteiger charge is -2.11. The Bertz CT molecular complexity index is 509. The van der Waals surface area contributed by atoms with Gasteiger partial charge in [-0.3, -0.25) is 0 Å². The Morgan fingerprint density at radius 3 is 2.37 bits per heavy atom. The summed E-state index contributed by atoms with van der Waals surface area (Å²) >= 11 is 0. The van der Waals surface area contributed by atoms with Crippen LogP contribution in [-0.2, 0) is 13.1 Å². The van der Waals surface area contributed by atoms with E-state index >= 15 is 0 Å². The summed E-state index contributed by atoms with van der Waals surface area (Å²) < 4.78 is 5.15. The molecule has 4 heteroatoms. The highest BCUT2D eigenvalue weighted by molar-refractivity contribution is 5.45. The van der Waals surface area contributed by atoms with Gasteiger partial charge in [0, 0.05) is 24.3 Å². The first-order chi connectivity index (χ1) is 9.06. The Morgan fingerprint density at radius 1 is 1.16 bits per heavy atom. The number of hydrogen-bond acceptors (Lipinski definition) is 4. The SMILES string of the molecule is Cc1noc(C)c1CNc1ccc(CN(C)C)cc1. The van der Waals surface area contributed by atoms with Crippen molar-refractivity contribution in [2.24, 2.45) is 0 Å². The smallest absolute Gasteiger partial charge is 0.138 e. The van der Waals surface area contributed by atoms with Gasteiger partial charge in [-0.05, 0) is 45.6 Å². The molecule has 0 amide bonds. The lowest BCUT2D eigenvalue weighted by Crippen LogP contribution is -2.10. The summed E-state index contributed by atoms with van der Waals surface area (Å²) in [6, 6.07) is 8.51. The molecule has 0 radical (unpaired) electrons. The number of aromatic nitrogens is 1. The van der Waals surface area contributed by atoms with Gasteiger partial charge in [0.25, 0.3) is 0 Å². The number of nitrogens with one attached hydrogen (secondary N) is 1. The van der Waals surface area contributed by atoms with Crippen LogP contribution in [-0.4, -0.2) is 24.2 Å². The van der Waals surface area contributed by atoms with Crippen molar-refractivity contribution in [3.05, 3.63) is 46.8 Å². The fraction of sp³-hybridized carbons (Fsp3) is 0.400. The maximum Gasteiger partial charge on any atom is 0.138 e. The van der Waals surface area contributed by atoms with Crippen molar-refractivity contribution in [1.82, 2.24) is 10.1 Å². The molecule has 0 saturated carbocycles. The van der Waals surface area contributed by atoms with Gasteiger partial charge in [-0.2, -0.15) is 0 Å². The molecular formula is C15H21N3O. The summed E-state index contributed by atoms with van der Waals surface area (Å²) in [5.74, 6) is 0.884. The summed E-state index contributed by atoms with van der Waals surface area (Å²) in [6.07, 6.45) is 0. The van der Waals surface area contributed by atoms with E-state index < -0.39 is 0 Å². The predicted molar refractivity (Wildman–Crippen MR) is 77.1 cm³/mol. The number of benzene rings is 1. The van der Waals surface area contributed by atoms with Gasteiger partial charge in [0.15, 0.2) is 0 Å². The standard InChI is InChI=1S/C15H21N3O/c1-11-15(12(2)19-17-11)9-16-14-7-5-13(6-8-14)10-18(3)4/h5-8,16H,9-10H2,1-4H3. The van der Waals surface area contributed by atoms with E-state index in [0.717, 1.165) is 35.8 Å². The average molecular weight is 259 g/mol. The average Bonchev–Trinajstić information content (AvgIpc) is 2.68. The molecule has 102 valence electrons. The van der Waals surface area contributed by atoms with Crippen LogP contribution in [0.3, 0.4) is 0 Å². The molecule has 2 aromatic rings. The first-order valence-electron chi connectivity index (χ1n) is 6.45. The summed E-state index contributed by atoms with van der Waals surface area (Å²) in [6.45, 7) is 5.61. The van der Waals surface area contributed by atoms with Crippen molar-refractivity contribution < 1.29 is 4.52 Å². The second-order valence-electron chi connectivity index (χ2n) is 5.09. The summed E-state index contributed by atoms with van der Waals surface area (Å²) in [4.78, 5) is 2.16. The molecule has 0 atom stereocenters. The third-order valence-corrected chi connectivity index (χ3v) is 3.10. The van der Waals surface area contributed by atoms with E-state index in [1.165, 1.54) is 5.56 Å². The van der Waals surface area contributed by atoms with Crippen LogP contribution in [0.25, 0.3) is 0 Å². The van der Waals surface area contributed by atoms with E-state index in [1.54, 1.807) is 0 Å². The van der Waals surface area contributed by atoms with E-state index in [1.807, 2.05) is 13.8 Å². The van der Waals surface area contributed by atoms with Gasteiger partial charge in [0.2, 0.25) is 0 Å². The number of aryl methyl sites for hydroxylation is 2. The molecule has 2 rings (SSSR count). The molecule has 0 saturated heterocycles. The normalized spacial score (nSPS) is 11.0. The van der Waals surface area contributed by atoms with Gasteiger partial charge in [0.1, 0.15) is 5.76 Å². The zero-order valence-electron chi connectivity index (χ0n) is 12.0. The first-order valence-corrected chi connectivity index (χ1v) is 6.45. The highest BCUT2D eigenvalue weighted by Gasteiger charge is 2.08. The minimum atomic E-state index is 0.744. The van der Waals surface area contributed by atoms with Crippen LogP contribution in [0, 0.1) is 13.8 Å². The monoisotopic (exact) mass is 259 g/mol. The maximum atomic E-state index is 5.15. The van der Waals surface area contributed by atoms with Gasteiger partial charge in [-0.15, -0.1) is 0 Å². The third kappa shape index (κ3) is 3.58. The molecule has 1 heterocycles. The van der Waals surface area contributed by atoms with E-state index in [0.29, 0.717) is 0 Å². The Morgan fingerprint density at radius 2 is 1.84 bits per heavy atom. The minimum Gasteiger partial charge on any atom is -0.381 e. The van der Waals surface area contributed by atoms with Gasteiger partial charge in [0.05, 0.1) is 5.69 Å². The van der Waals surface area contributed by atoms with E-state index in [2.05, 4.69) is 53.7 Å². The van der Waals surface area contributed by atoms with Crippen LogP contribution in [0.5, 0.6) is 0 Å². The topological polar surface area (TPSA) is 41.3 Å². The molecule has 0 spiro atoms. The quantitative estimate of drug-likeness (QED) is 0.896. The molecule has 0 unspecified atom stereocenters. The largest absolute Gasteiger partial charge is 0.381 e. The molecule has 0 bridgehead atoms. The molecule has 0 aliphatic rings. The summed E-state index contributed by atoms with van der Waals surface area (Å²) in [7, 11) is 4.15. The molecule has 0 aliphatic carbocycles. The molecule has 1 N–H and O–H groups in total. The fourth-order valence-corrected chi connectivity index (χ4v) is 2.04. The Kier molecular flexibility index (Phi) is 4.22. The van der Waals surface area contributed by atoms with Gasteiger partial charge < -0.3 is 14.7 Å². The van der Waals surface area contributed by atoms with Crippen LogP contribution in [0.4, 0.5) is 5.69 Å². The van der Waals surface area contributed by atoms with Crippen molar-refractivity contribution in [3.8, 4) is 0 Å². The van der Waals surface area contributed by atoms with Gasteiger partial charge >= 0.3 is 0 Å². The van der Waals surface area contributed by atoms with Crippen LogP contribution < -0.4 is 5.32 Å². The number of hydrogen-bond donors (Lipinski definition) is 1. The van der Waals surface area contributed by atoms with Crippen LogP contribution >= 0.6 is 0 Å². The maximum absolute atomic E-state index is 5.15. The number of nitrogens with zero attached hydrogens (tertiary/aromatic N) is 2. The van der Waals surface area contributed by atoms with Crippen molar-refractivity contribution in [1.29, 1.82) is 0 Å². The number of rotatable bonds is 5. The lowest BCUT2D eigenvalue weighted by atomic mass is 10.1. The molecular weight excluding hydrogens is 238 g/mol. The second kappa shape index (κ2) is 5.89. The van der Waals surface area contributed by atoms with Crippen LogP contribution in [0.1, 0.15) is 22.6 Å². The van der Waals surface area contributed by atoms with Crippen LogP contribution in [0.2, 0.25) is 0 Å². The zero-order valence-corrected chi connectivity index (χ0v) is 12.0. The molecule has 0 fully saturated rings. The van der Waals surface area contributed by atoms with Crippen molar-refractivity contribution in [3.63, 3.8) is 0 Å². The predicted octanol–water partition coefficient (Wildman–Crippen LogP) is 2.97. The molecule has 4 nitrogen and oxygen atoms in total. The number of anilines is 1. The fourth-order valence-electron chi connectivity index (χ4n) is 2.04. The minimum absolute atomic E-state index is 0.744. The van der Waals surface area contributed by atoms with Crippen molar-refractivity contribution >= 4 is 5.69 Å². The lowest BCUT2D eigenvalue weighted by molar-refractivity contribution is 0.392. The van der Waals surface area contributed by atoms with Gasteiger partial charge in [-0.25, -0.2) is 0 Å². The first kappa shape index (κ1) is 13.6. The van der Waals surface area contributed by atoms with E-state index in [-0.39, 0.29) is 0 Å². The Hall–Kier alpha value is -1.81.